The lowest BCUT2D eigenvalue weighted by Gasteiger charge is -2.09. The fourth-order valence-corrected chi connectivity index (χ4v) is 1.48. The summed E-state index contributed by atoms with van der Waals surface area (Å²) in [6.45, 7) is 0.595. The minimum Gasteiger partial charge on any atom is -0.493 e. The molecule has 0 saturated heterocycles. The highest BCUT2D eigenvalue weighted by Crippen LogP contribution is 2.30. The van der Waals surface area contributed by atoms with Crippen LogP contribution in [-0.2, 0) is 11.2 Å². The Labute approximate surface area is 92.9 Å². The molecule has 1 aliphatic rings. The first-order chi connectivity index (χ1) is 7.65. The molecule has 0 atom stereocenters. The van der Waals surface area contributed by atoms with Crippen molar-refractivity contribution in [3.8, 4) is 5.75 Å². The summed E-state index contributed by atoms with van der Waals surface area (Å²) in [6.07, 6.45) is 2.11. The summed E-state index contributed by atoms with van der Waals surface area (Å²) in [6, 6.07) is 4.00. The van der Waals surface area contributed by atoms with Crippen LogP contribution in [0.2, 0.25) is 0 Å². The molecule has 0 bridgehead atoms. The Bertz CT molecular complexity index is 399. The lowest BCUT2D eigenvalue weighted by atomic mass is 10.1. The van der Waals surface area contributed by atoms with Gasteiger partial charge in [-0.1, -0.05) is 0 Å². The van der Waals surface area contributed by atoms with Gasteiger partial charge in [0.1, 0.15) is 11.6 Å². The normalized spacial score (nSPS) is 14.8. The Morgan fingerprint density at radius 2 is 2.25 bits per heavy atom. The summed E-state index contributed by atoms with van der Waals surface area (Å²) in [5, 5.41) is 8.69. The lowest BCUT2D eigenvalue weighted by molar-refractivity contribution is -0.136. The number of rotatable bonds is 5. The van der Waals surface area contributed by atoms with Gasteiger partial charge < -0.3 is 9.84 Å². The first kappa shape index (κ1) is 10.9. The third-order valence-electron chi connectivity index (χ3n) is 2.54. The molecule has 0 aromatic heterocycles. The molecule has 0 aliphatic heterocycles. The van der Waals surface area contributed by atoms with Crippen LogP contribution in [0.15, 0.2) is 18.2 Å². The van der Waals surface area contributed by atoms with Crippen LogP contribution in [0.1, 0.15) is 18.4 Å². The SMILES string of the molecule is O=C(O)Cc1cc(F)ccc1OCC1CC1. The van der Waals surface area contributed by atoms with Gasteiger partial charge in [0.05, 0.1) is 13.0 Å². The molecule has 86 valence electrons. The maximum Gasteiger partial charge on any atom is 0.307 e. The van der Waals surface area contributed by atoms with E-state index in [4.69, 9.17) is 9.84 Å². The number of carbonyl (C=O) groups is 1. The summed E-state index contributed by atoms with van der Waals surface area (Å²) in [5.41, 5.74) is 0.396. The minimum absolute atomic E-state index is 0.211. The van der Waals surface area contributed by atoms with E-state index in [2.05, 4.69) is 0 Å². The van der Waals surface area contributed by atoms with E-state index in [0.29, 0.717) is 23.8 Å². The predicted octanol–water partition coefficient (Wildman–Crippen LogP) is 2.24. The van der Waals surface area contributed by atoms with E-state index in [1.54, 1.807) is 0 Å². The predicted molar refractivity (Wildman–Crippen MR) is 56.0 cm³/mol. The van der Waals surface area contributed by atoms with E-state index >= 15 is 0 Å². The zero-order chi connectivity index (χ0) is 11.5. The largest absolute Gasteiger partial charge is 0.493 e. The topological polar surface area (TPSA) is 46.5 Å². The molecular weight excluding hydrogens is 211 g/mol. The van der Waals surface area contributed by atoms with E-state index in [1.807, 2.05) is 0 Å². The van der Waals surface area contributed by atoms with Gasteiger partial charge in [-0.3, -0.25) is 4.79 Å². The van der Waals surface area contributed by atoms with Crippen LogP contribution in [0.5, 0.6) is 5.75 Å². The summed E-state index contributed by atoms with van der Waals surface area (Å²) in [4.78, 5) is 10.6. The van der Waals surface area contributed by atoms with Crippen LogP contribution in [0.3, 0.4) is 0 Å². The monoisotopic (exact) mass is 224 g/mol. The minimum atomic E-state index is -0.984. The van der Waals surface area contributed by atoms with Crippen LogP contribution in [-0.4, -0.2) is 17.7 Å². The van der Waals surface area contributed by atoms with E-state index in [1.165, 1.54) is 18.2 Å². The van der Waals surface area contributed by atoms with Crippen LogP contribution in [0.25, 0.3) is 0 Å². The second-order valence-corrected chi connectivity index (χ2v) is 4.08. The van der Waals surface area contributed by atoms with Gasteiger partial charge in [0.2, 0.25) is 0 Å². The average Bonchev–Trinajstić information content (AvgIpc) is 2.99. The van der Waals surface area contributed by atoms with Crippen molar-refractivity contribution in [2.45, 2.75) is 19.3 Å². The van der Waals surface area contributed by atoms with Gasteiger partial charge >= 0.3 is 5.97 Å². The van der Waals surface area contributed by atoms with Crippen molar-refractivity contribution in [3.63, 3.8) is 0 Å². The average molecular weight is 224 g/mol. The maximum absolute atomic E-state index is 13.0. The first-order valence-electron chi connectivity index (χ1n) is 5.28. The molecule has 1 fully saturated rings. The van der Waals surface area contributed by atoms with Gasteiger partial charge in [-0.05, 0) is 37.0 Å². The van der Waals surface area contributed by atoms with E-state index < -0.39 is 11.8 Å². The van der Waals surface area contributed by atoms with Gasteiger partial charge in [0, 0.05) is 5.56 Å². The van der Waals surface area contributed by atoms with Crippen molar-refractivity contribution in [2.75, 3.05) is 6.61 Å². The zero-order valence-corrected chi connectivity index (χ0v) is 8.78. The molecule has 3 nitrogen and oxygen atoms in total. The van der Waals surface area contributed by atoms with Gasteiger partial charge in [-0.15, -0.1) is 0 Å². The van der Waals surface area contributed by atoms with Crippen LogP contribution < -0.4 is 4.74 Å². The van der Waals surface area contributed by atoms with Crippen LogP contribution in [0.4, 0.5) is 4.39 Å². The standard InChI is InChI=1S/C12H13FO3/c13-10-3-4-11(16-7-8-1-2-8)9(5-10)6-12(14)15/h3-5,8H,1-2,6-7H2,(H,14,15). The number of halogens is 1. The maximum atomic E-state index is 13.0. The van der Waals surface area contributed by atoms with E-state index in [0.717, 1.165) is 12.8 Å². The summed E-state index contributed by atoms with van der Waals surface area (Å²) in [5.74, 6) is -0.352. The first-order valence-corrected chi connectivity index (χ1v) is 5.28. The molecule has 0 heterocycles. The number of hydrogen-bond donors (Lipinski definition) is 1. The molecule has 4 heteroatoms. The van der Waals surface area contributed by atoms with Crippen molar-refractivity contribution in [1.29, 1.82) is 0 Å². The summed E-state index contributed by atoms with van der Waals surface area (Å²) in [7, 11) is 0. The highest BCUT2D eigenvalue weighted by Gasteiger charge is 2.22. The molecule has 0 amide bonds. The number of carboxylic acid groups (broad SMARTS) is 1. The number of benzene rings is 1. The smallest absolute Gasteiger partial charge is 0.307 e. The highest BCUT2D eigenvalue weighted by atomic mass is 19.1. The molecule has 0 radical (unpaired) electrons. The van der Waals surface area contributed by atoms with Crippen molar-refractivity contribution in [1.82, 2.24) is 0 Å². The quantitative estimate of drug-likeness (QED) is 0.834. The molecule has 1 aromatic carbocycles. The van der Waals surface area contributed by atoms with Crippen molar-refractivity contribution in [2.24, 2.45) is 5.92 Å². The third kappa shape index (κ3) is 2.95. The molecule has 16 heavy (non-hydrogen) atoms. The Balaban J connectivity index is 2.09. The zero-order valence-electron chi connectivity index (χ0n) is 8.78. The molecule has 1 aromatic rings. The van der Waals surface area contributed by atoms with E-state index in [9.17, 15) is 9.18 Å². The van der Waals surface area contributed by atoms with Gasteiger partial charge in [-0.25, -0.2) is 4.39 Å². The number of hydrogen-bond acceptors (Lipinski definition) is 2. The fourth-order valence-electron chi connectivity index (χ4n) is 1.48. The van der Waals surface area contributed by atoms with Crippen molar-refractivity contribution in [3.05, 3.63) is 29.6 Å². The Kier molecular flexibility index (Phi) is 3.08. The highest BCUT2D eigenvalue weighted by molar-refractivity contribution is 5.71. The molecular formula is C12H13FO3. The van der Waals surface area contributed by atoms with Crippen molar-refractivity contribution < 1.29 is 19.0 Å². The number of carboxylic acids is 1. The molecule has 0 unspecified atom stereocenters. The summed E-state index contributed by atoms with van der Waals surface area (Å²) < 4.78 is 18.4. The Morgan fingerprint density at radius 1 is 1.50 bits per heavy atom. The van der Waals surface area contributed by atoms with Gasteiger partial charge in [0.25, 0.3) is 0 Å². The summed E-state index contributed by atoms with van der Waals surface area (Å²) >= 11 is 0. The molecule has 0 spiro atoms. The third-order valence-corrected chi connectivity index (χ3v) is 2.54. The Morgan fingerprint density at radius 3 is 2.88 bits per heavy atom. The van der Waals surface area contributed by atoms with Crippen LogP contribution >= 0.6 is 0 Å². The second kappa shape index (κ2) is 4.51. The molecule has 2 rings (SSSR count). The van der Waals surface area contributed by atoms with E-state index in [-0.39, 0.29) is 6.42 Å². The molecule has 1 aliphatic carbocycles. The number of aliphatic carboxylic acids is 1. The lowest BCUT2D eigenvalue weighted by Crippen LogP contribution is -2.06. The number of ether oxygens (including phenoxy) is 1. The van der Waals surface area contributed by atoms with Gasteiger partial charge in [0.15, 0.2) is 0 Å². The van der Waals surface area contributed by atoms with Gasteiger partial charge in [-0.2, -0.15) is 0 Å². The Hall–Kier alpha value is -1.58. The van der Waals surface area contributed by atoms with Crippen molar-refractivity contribution >= 4 is 5.97 Å². The fraction of sp³-hybridized carbons (Fsp3) is 0.417. The second-order valence-electron chi connectivity index (χ2n) is 4.08. The van der Waals surface area contributed by atoms with Crippen LogP contribution in [0, 0.1) is 11.7 Å². The molecule has 1 N–H and O–H groups in total. The molecule has 1 saturated carbocycles.